The molecule has 1 N–H and O–H groups in total. The van der Waals surface area contributed by atoms with Gasteiger partial charge in [-0.2, -0.15) is 5.26 Å². The minimum atomic E-state index is -0.537. The maximum atomic E-state index is 11.5. The Morgan fingerprint density at radius 1 is 1.56 bits per heavy atom. The molecule has 0 aliphatic carbocycles. The van der Waals surface area contributed by atoms with Crippen LogP contribution in [0.25, 0.3) is 0 Å². The molecular weight excluding hydrogens is 200 g/mol. The minimum Gasteiger partial charge on any atom is -0.351 e. The van der Waals surface area contributed by atoms with E-state index in [-0.39, 0.29) is 5.91 Å². The van der Waals surface area contributed by atoms with E-state index in [0.717, 1.165) is 5.56 Å². The highest BCUT2D eigenvalue weighted by Gasteiger charge is 2.14. The molecular formula is C13H16N2O. The molecule has 0 spiro atoms. The van der Waals surface area contributed by atoms with Crippen molar-refractivity contribution >= 4 is 5.91 Å². The molecule has 1 unspecified atom stereocenters. The third-order valence-electron chi connectivity index (χ3n) is 2.43. The number of nitrogens with zero attached hydrogens (tertiary/aromatic N) is 1. The summed E-state index contributed by atoms with van der Waals surface area (Å²) in [7, 11) is 0. The van der Waals surface area contributed by atoms with E-state index in [0.29, 0.717) is 13.0 Å². The molecule has 16 heavy (non-hydrogen) atoms. The van der Waals surface area contributed by atoms with Crippen molar-refractivity contribution in [3.63, 3.8) is 0 Å². The van der Waals surface area contributed by atoms with Crippen LogP contribution >= 0.6 is 0 Å². The van der Waals surface area contributed by atoms with E-state index in [1.807, 2.05) is 44.2 Å². The predicted octanol–water partition coefficient (Wildman–Crippen LogP) is 2.16. The van der Waals surface area contributed by atoms with Gasteiger partial charge in [0, 0.05) is 6.54 Å². The van der Waals surface area contributed by atoms with Gasteiger partial charge in [-0.3, -0.25) is 4.79 Å². The lowest BCUT2D eigenvalue weighted by Crippen LogP contribution is -2.29. The number of carbonyl (C=O) groups excluding carboxylic acids is 1. The fourth-order valence-electron chi connectivity index (χ4n) is 1.47. The molecule has 1 atom stereocenters. The van der Waals surface area contributed by atoms with Gasteiger partial charge in [0.2, 0.25) is 5.91 Å². The van der Waals surface area contributed by atoms with E-state index in [1.54, 1.807) is 0 Å². The highest BCUT2D eigenvalue weighted by atomic mass is 16.1. The maximum absolute atomic E-state index is 11.5. The van der Waals surface area contributed by atoms with Gasteiger partial charge in [-0.05, 0) is 18.9 Å². The molecule has 1 amide bonds. The molecule has 3 nitrogen and oxygen atoms in total. The van der Waals surface area contributed by atoms with E-state index in [2.05, 4.69) is 5.32 Å². The van der Waals surface area contributed by atoms with E-state index >= 15 is 0 Å². The first-order valence-corrected chi connectivity index (χ1v) is 5.40. The zero-order valence-electron chi connectivity index (χ0n) is 9.66. The molecule has 0 radical (unpaired) electrons. The SMILES string of the molecule is CCC(C#N)C(=O)NCc1cccc(C)c1. The Hall–Kier alpha value is -1.82. The van der Waals surface area contributed by atoms with Crippen LogP contribution in [0.2, 0.25) is 0 Å². The number of nitriles is 1. The van der Waals surface area contributed by atoms with Crippen molar-refractivity contribution in [2.75, 3.05) is 0 Å². The normalized spacial score (nSPS) is 11.6. The Bertz CT molecular complexity index is 407. The fourth-order valence-corrected chi connectivity index (χ4v) is 1.47. The van der Waals surface area contributed by atoms with Gasteiger partial charge in [0.25, 0.3) is 0 Å². The van der Waals surface area contributed by atoms with Crippen LogP contribution < -0.4 is 5.32 Å². The average molecular weight is 216 g/mol. The second-order valence-corrected chi connectivity index (χ2v) is 3.80. The lowest BCUT2D eigenvalue weighted by atomic mass is 10.1. The first-order chi connectivity index (χ1) is 7.67. The number of rotatable bonds is 4. The van der Waals surface area contributed by atoms with Gasteiger partial charge in [0.1, 0.15) is 5.92 Å². The van der Waals surface area contributed by atoms with Crippen LogP contribution in [0, 0.1) is 24.2 Å². The fraction of sp³-hybridized carbons (Fsp3) is 0.385. The Kier molecular flexibility index (Phi) is 4.53. The van der Waals surface area contributed by atoms with Crippen LogP contribution in [0.1, 0.15) is 24.5 Å². The van der Waals surface area contributed by atoms with Crippen molar-refractivity contribution in [1.82, 2.24) is 5.32 Å². The van der Waals surface area contributed by atoms with Crippen molar-refractivity contribution in [2.24, 2.45) is 5.92 Å². The molecule has 0 aliphatic rings. The van der Waals surface area contributed by atoms with Crippen molar-refractivity contribution in [2.45, 2.75) is 26.8 Å². The molecule has 84 valence electrons. The van der Waals surface area contributed by atoms with E-state index in [9.17, 15) is 4.79 Å². The Morgan fingerprint density at radius 2 is 2.31 bits per heavy atom. The minimum absolute atomic E-state index is 0.188. The highest BCUT2D eigenvalue weighted by molar-refractivity contribution is 5.80. The molecule has 0 heterocycles. The molecule has 1 aromatic rings. The summed E-state index contributed by atoms with van der Waals surface area (Å²) >= 11 is 0. The number of hydrogen-bond donors (Lipinski definition) is 1. The molecule has 0 aromatic heterocycles. The van der Waals surface area contributed by atoms with Gasteiger partial charge in [0.15, 0.2) is 0 Å². The summed E-state index contributed by atoms with van der Waals surface area (Å²) in [4.78, 5) is 11.5. The lowest BCUT2D eigenvalue weighted by Gasteiger charge is -2.08. The molecule has 0 aliphatic heterocycles. The first-order valence-electron chi connectivity index (χ1n) is 5.40. The number of carbonyl (C=O) groups is 1. The van der Waals surface area contributed by atoms with E-state index in [1.165, 1.54) is 5.56 Å². The molecule has 0 saturated heterocycles. The predicted molar refractivity (Wildman–Crippen MR) is 62.4 cm³/mol. The Morgan fingerprint density at radius 3 is 2.88 bits per heavy atom. The third kappa shape index (κ3) is 3.39. The number of nitrogens with one attached hydrogen (secondary N) is 1. The third-order valence-corrected chi connectivity index (χ3v) is 2.43. The second kappa shape index (κ2) is 5.92. The lowest BCUT2D eigenvalue weighted by molar-refractivity contribution is -0.123. The monoisotopic (exact) mass is 216 g/mol. The summed E-state index contributed by atoms with van der Waals surface area (Å²) in [6.07, 6.45) is 0.552. The molecule has 1 rings (SSSR count). The van der Waals surface area contributed by atoms with Crippen LogP contribution in [-0.4, -0.2) is 5.91 Å². The van der Waals surface area contributed by atoms with Crippen LogP contribution in [0.15, 0.2) is 24.3 Å². The quantitative estimate of drug-likeness (QED) is 0.838. The number of hydrogen-bond acceptors (Lipinski definition) is 2. The smallest absolute Gasteiger partial charge is 0.237 e. The van der Waals surface area contributed by atoms with E-state index < -0.39 is 5.92 Å². The van der Waals surface area contributed by atoms with Crippen LogP contribution in [-0.2, 0) is 11.3 Å². The summed E-state index contributed by atoms with van der Waals surface area (Å²) in [5.74, 6) is -0.726. The van der Waals surface area contributed by atoms with Gasteiger partial charge in [-0.1, -0.05) is 36.8 Å². The summed E-state index contributed by atoms with van der Waals surface area (Å²) in [5.41, 5.74) is 2.22. The van der Waals surface area contributed by atoms with Crippen molar-refractivity contribution in [3.05, 3.63) is 35.4 Å². The van der Waals surface area contributed by atoms with Crippen molar-refractivity contribution < 1.29 is 4.79 Å². The summed E-state index contributed by atoms with van der Waals surface area (Å²) in [6, 6.07) is 9.93. The maximum Gasteiger partial charge on any atom is 0.237 e. The molecule has 0 saturated carbocycles. The number of benzene rings is 1. The molecule has 0 bridgehead atoms. The van der Waals surface area contributed by atoms with Crippen molar-refractivity contribution in [1.29, 1.82) is 5.26 Å². The molecule has 0 fully saturated rings. The molecule has 3 heteroatoms. The van der Waals surface area contributed by atoms with Gasteiger partial charge in [-0.25, -0.2) is 0 Å². The largest absolute Gasteiger partial charge is 0.351 e. The number of aryl methyl sites for hydroxylation is 1. The second-order valence-electron chi connectivity index (χ2n) is 3.80. The van der Waals surface area contributed by atoms with Gasteiger partial charge < -0.3 is 5.32 Å². The summed E-state index contributed by atoms with van der Waals surface area (Å²) in [5, 5.41) is 11.5. The van der Waals surface area contributed by atoms with Crippen LogP contribution in [0.3, 0.4) is 0 Å². The number of amides is 1. The zero-order valence-corrected chi connectivity index (χ0v) is 9.66. The highest BCUT2D eigenvalue weighted by Crippen LogP contribution is 2.05. The summed E-state index contributed by atoms with van der Waals surface area (Å²) in [6.45, 7) is 4.33. The van der Waals surface area contributed by atoms with E-state index in [4.69, 9.17) is 5.26 Å². The average Bonchev–Trinajstić information content (AvgIpc) is 2.28. The first kappa shape index (κ1) is 12.3. The van der Waals surface area contributed by atoms with Gasteiger partial charge in [-0.15, -0.1) is 0 Å². The Labute approximate surface area is 96.1 Å². The van der Waals surface area contributed by atoms with Gasteiger partial charge >= 0.3 is 0 Å². The zero-order chi connectivity index (χ0) is 12.0. The Balaban J connectivity index is 2.52. The summed E-state index contributed by atoms with van der Waals surface area (Å²) < 4.78 is 0. The van der Waals surface area contributed by atoms with Crippen molar-refractivity contribution in [3.8, 4) is 6.07 Å². The van der Waals surface area contributed by atoms with Crippen LogP contribution in [0.5, 0.6) is 0 Å². The molecule has 1 aromatic carbocycles. The van der Waals surface area contributed by atoms with Gasteiger partial charge in [0.05, 0.1) is 6.07 Å². The van der Waals surface area contributed by atoms with Crippen LogP contribution in [0.4, 0.5) is 0 Å². The standard InChI is InChI=1S/C13H16N2O/c1-3-12(8-14)13(16)15-9-11-6-4-5-10(2)7-11/h4-7,12H,3,9H2,1-2H3,(H,15,16). The topological polar surface area (TPSA) is 52.9 Å².